The Morgan fingerprint density at radius 3 is 1.69 bits per heavy atom. The molecule has 0 saturated heterocycles. The van der Waals surface area contributed by atoms with Crippen LogP contribution in [0.4, 0.5) is 0 Å². The molecule has 0 saturated carbocycles. The fourth-order valence-corrected chi connectivity index (χ4v) is 1.72. The molecule has 0 N–H and O–H groups in total. The Morgan fingerprint density at radius 1 is 0.750 bits per heavy atom. The molecule has 3 heteroatoms. The molecule has 0 aliphatic heterocycles. The predicted octanol–water partition coefficient (Wildman–Crippen LogP) is 3.32. The molecule has 1 heterocycles. The van der Waals surface area contributed by atoms with Crippen molar-refractivity contribution in [2.24, 2.45) is 0 Å². The van der Waals surface area contributed by atoms with E-state index in [4.69, 9.17) is 0 Å². The highest BCUT2D eigenvalue weighted by Crippen LogP contribution is 2.18. The van der Waals surface area contributed by atoms with Gasteiger partial charge in [-0.1, -0.05) is 36.4 Å². The third-order valence-electron chi connectivity index (χ3n) is 2.43. The zero-order chi connectivity index (χ0) is 11.4. The molecule has 16 heavy (non-hydrogen) atoms. The van der Waals surface area contributed by atoms with Crippen molar-refractivity contribution in [3.63, 3.8) is 0 Å². The SMILES string of the molecule is BBr.c1ccc2nc3ccccc3cc2c1. The lowest BCUT2D eigenvalue weighted by molar-refractivity contribution is 1.50. The van der Waals surface area contributed by atoms with Crippen molar-refractivity contribution >= 4 is 44.2 Å². The number of nitrogens with zero attached hydrogens (tertiary/aromatic N) is 1. The van der Waals surface area contributed by atoms with Crippen molar-refractivity contribution in [3.8, 4) is 0 Å². The van der Waals surface area contributed by atoms with Gasteiger partial charge in [0.25, 0.3) is 0 Å². The lowest BCUT2D eigenvalue weighted by atomic mass is 10.1. The number of pyridine rings is 1. The van der Waals surface area contributed by atoms with E-state index in [9.17, 15) is 0 Å². The molecule has 1 nitrogen and oxygen atoms in total. The van der Waals surface area contributed by atoms with Gasteiger partial charge in [0.2, 0.25) is 0 Å². The Hall–Kier alpha value is -1.35. The molecular weight excluding hydrogens is 261 g/mol. The van der Waals surface area contributed by atoms with Gasteiger partial charge in [-0.05, 0) is 18.2 Å². The summed E-state index contributed by atoms with van der Waals surface area (Å²) in [4.78, 5) is 4.58. The highest BCUT2D eigenvalue weighted by atomic mass is 79.9. The number of halogens is 1. The maximum atomic E-state index is 4.58. The van der Waals surface area contributed by atoms with Gasteiger partial charge in [-0.3, -0.25) is 0 Å². The first kappa shape index (κ1) is 11.1. The highest BCUT2D eigenvalue weighted by Gasteiger charge is 1.96. The second kappa shape index (κ2) is 5.13. The van der Waals surface area contributed by atoms with Gasteiger partial charge in [-0.2, -0.15) is 15.8 Å². The number of hydrogen-bond acceptors (Lipinski definition) is 1. The maximum Gasteiger partial charge on any atom is 0.186 e. The van der Waals surface area contributed by atoms with E-state index in [1.165, 1.54) is 10.8 Å². The van der Waals surface area contributed by atoms with Crippen LogP contribution in [0.1, 0.15) is 0 Å². The average molecular weight is 272 g/mol. The van der Waals surface area contributed by atoms with Gasteiger partial charge in [0.15, 0.2) is 6.67 Å². The fourth-order valence-electron chi connectivity index (χ4n) is 1.72. The number of hydrogen-bond donors (Lipinski definition) is 0. The van der Waals surface area contributed by atoms with E-state index in [1.54, 1.807) is 0 Å². The van der Waals surface area contributed by atoms with Crippen molar-refractivity contribution in [3.05, 3.63) is 54.6 Å². The van der Waals surface area contributed by atoms with Crippen LogP contribution in [-0.4, -0.2) is 11.7 Å². The van der Waals surface area contributed by atoms with E-state index in [-0.39, 0.29) is 0 Å². The Labute approximate surface area is 104 Å². The summed E-state index contributed by atoms with van der Waals surface area (Å²) in [7, 11) is 0. The molecule has 0 bridgehead atoms. The molecule has 0 aliphatic carbocycles. The van der Waals surface area contributed by atoms with E-state index in [0.29, 0.717) is 0 Å². The van der Waals surface area contributed by atoms with Gasteiger partial charge in [0, 0.05) is 10.8 Å². The number of aromatic nitrogens is 1. The molecule has 0 radical (unpaired) electrons. The zero-order valence-corrected chi connectivity index (χ0v) is 10.6. The van der Waals surface area contributed by atoms with Crippen LogP contribution in [-0.2, 0) is 0 Å². The van der Waals surface area contributed by atoms with Crippen LogP contribution >= 0.6 is 15.8 Å². The van der Waals surface area contributed by atoms with E-state index >= 15 is 0 Å². The molecule has 1 aromatic heterocycles. The minimum atomic E-state index is 1.06. The Bertz CT molecular complexity index is 505. The molecule has 0 unspecified atom stereocenters. The van der Waals surface area contributed by atoms with Gasteiger partial charge in [0.1, 0.15) is 0 Å². The smallest absolute Gasteiger partial charge is 0.186 e. The summed E-state index contributed by atoms with van der Waals surface area (Å²) in [5.74, 6) is 0. The molecule has 0 aliphatic rings. The van der Waals surface area contributed by atoms with E-state index in [1.807, 2.05) is 43.1 Å². The summed E-state index contributed by atoms with van der Waals surface area (Å²) in [5, 5.41) is 2.40. The van der Waals surface area contributed by atoms with Crippen LogP contribution in [0, 0.1) is 0 Å². The van der Waals surface area contributed by atoms with Crippen molar-refractivity contribution in [2.75, 3.05) is 0 Å². The second-order valence-corrected chi connectivity index (χ2v) is 3.37. The second-order valence-electron chi connectivity index (χ2n) is 3.37. The molecular formula is C13H11BBrN. The number of para-hydroxylation sites is 2. The summed E-state index contributed by atoms with van der Waals surface area (Å²) in [6.07, 6.45) is 0. The maximum absolute atomic E-state index is 4.58. The minimum absolute atomic E-state index is 1.06. The van der Waals surface area contributed by atoms with E-state index < -0.39 is 0 Å². The van der Waals surface area contributed by atoms with Gasteiger partial charge in [0.05, 0.1) is 11.0 Å². The first-order valence-electron chi connectivity index (χ1n) is 5.06. The van der Waals surface area contributed by atoms with E-state index in [0.717, 1.165) is 11.0 Å². The summed E-state index contributed by atoms with van der Waals surface area (Å²) >= 11 is 2.94. The third-order valence-corrected chi connectivity index (χ3v) is 2.43. The first-order valence-corrected chi connectivity index (χ1v) is 6.64. The van der Waals surface area contributed by atoms with Gasteiger partial charge < -0.3 is 0 Å². The van der Waals surface area contributed by atoms with Crippen molar-refractivity contribution in [2.45, 2.75) is 0 Å². The topological polar surface area (TPSA) is 12.9 Å². The number of benzene rings is 2. The predicted molar refractivity (Wildman–Crippen MR) is 76.7 cm³/mol. The van der Waals surface area contributed by atoms with Crippen molar-refractivity contribution in [1.82, 2.24) is 4.98 Å². The van der Waals surface area contributed by atoms with Crippen LogP contribution in [0.25, 0.3) is 21.8 Å². The lowest BCUT2D eigenvalue weighted by Gasteiger charge is -1.99. The average Bonchev–Trinajstić information content (AvgIpc) is 2.38. The number of rotatable bonds is 0. The normalized spacial score (nSPS) is 9.81. The third kappa shape index (κ3) is 2.09. The summed E-state index contributed by atoms with van der Waals surface area (Å²) in [5.41, 5.74) is 2.12. The Morgan fingerprint density at radius 2 is 1.19 bits per heavy atom. The molecule has 0 atom stereocenters. The fraction of sp³-hybridized carbons (Fsp3) is 0. The number of fused-ring (bicyclic) bond motifs is 2. The van der Waals surface area contributed by atoms with Crippen LogP contribution in [0.3, 0.4) is 0 Å². The Balaban J connectivity index is 0.000000457. The molecule has 0 fully saturated rings. The molecule has 3 aromatic rings. The monoisotopic (exact) mass is 271 g/mol. The van der Waals surface area contributed by atoms with Crippen molar-refractivity contribution < 1.29 is 0 Å². The van der Waals surface area contributed by atoms with Gasteiger partial charge >= 0.3 is 0 Å². The standard InChI is InChI=1S/C13H9N.BBrH2/c1-3-7-12-10(5-1)9-11-6-2-4-8-13(11)14-12;1-2/h1-9H;1H2. The van der Waals surface area contributed by atoms with E-state index in [2.05, 4.69) is 38.9 Å². The minimum Gasteiger partial charge on any atom is -0.248 e. The van der Waals surface area contributed by atoms with Gasteiger partial charge in [-0.15, -0.1) is 0 Å². The van der Waals surface area contributed by atoms with Crippen LogP contribution in [0.5, 0.6) is 0 Å². The summed E-state index contributed by atoms with van der Waals surface area (Å²) in [6.45, 7) is 1.81. The molecule has 2 aromatic carbocycles. The first-order chi connectivity index (χ1) is 7.93. The lowest BCUT2D eigenvalue weighted by Crippen LogP contribution is -1.80. The summed E-state index contributed by atoms with van der Waals surface area (Å²) in [6, 6.07) is 18.6. The van der Waals surface area contributed by atoms with Crippen molar-refractivity contribution in [1.29, 1.82) is 0 Å². The largest absolute Gasteiger partial charge is 0.248 e. The molecule has 0 amide bonds. The quantitative estimate of drug-likeness (QED) is 0.452. The van der Waals surface area contributed by atoms with Crippen LogP contribution in [0.15, 0.2) is 54.6 Å². The van der Waals surface area contributed by atoms with Crippen LogP contribution in [0.2, 0.25) is 0 Å². The van der Waals surface area contributed by atoms with Crippen LogP contribution < -0.4 is 0 Å². The Kier molecular flexibility index (Phi) is 3.57. The molecule has 0 spiro atoms. The van der Waals surface area contributed by atoms with Gasteiger partial charge in [-0.25, -0.2) is 4.98 Å². The molecule has 3 rings (SSSR count). The molecule has 78 valence electrons. The highest BCUT2D eigenvalue weighted by molar-refractivity contribution is 9.22. The summed E-state index contributed by atoms with van der Waals surface area (Å²) < 4.78 is 0. The zero-order valence-electron chi connectivity index (χ0n) is 9.02.